The number of hydrogen-bond donors (Lipinski definition) is 1. The van der Waals surface area contributed by atoms with Gasteiger partial charge in [-0.2, -0.15) is 4.68 Å². The zero-order valence-electron chi connectivity index (χ0n) is 13.1. The first-order chi connectivity index (χ1) is 10.7. The van der Waals surface area contributed by atoms with E-state index in [9.17, 15) is 25.0 Å². The van der Waals surface area contributed by atoms with Crippen LogP contribution in [0.2, 0.25) is 0 Å². The third-order valence-corrected chi connectivity index (χ3v) is 2.90. The Morgan fingerprint density at radius 2 is 2.00 bits per heavy atom. The van der Waals surface area contributed by atoms with Crippen LogP contribution in [-0.4, -0.2) is 44.8 Å². The second-order valence-corrected chi connectivity index (χ2v) is 5.05. The molecule has 0 spiro atoms. The maximum atomic E-state index is 11.8. The van der Waals surface area contributed by atoms with Gasteiger partial charge in [-0.25, -0.2) is 0 Å². The Hall–Kier alpha value is -2.56. The van der Waals surface area contributed by atoms with E-state index < -0.39 is 27.3 Å². The molecule has 0 bridgehead atoms. The van der Waals surface area contributed by atoms with Crippen LogP contribution in [0.4, 0.5) is 11.5 Å². The van der Waals surface area contributed by atoms with Gasteiger partial charge in [0.15, 0.2) is 0 Å². The topological polar surface area (TPSA) is 142 Å². The Morgan fingerprint density at radius 1 is 1.35 bits per heavy atom. The molecule has 0 fully saturated rings. The Morgan fingerprint density at radius 3 is 2.48 bits per heavy atom. The minimum Gasteiger partial charge on any atom is -0.379 e. The summed E-state index contributed by atoms with van der Waals surface area (Å²) in [5.41, 5.74) is -0.742. The highest BCUT2D eigenvalue weighted by Gasteiger charge is 2.35. The van der Waals surface area contributed by atoms with Crippen LogP contribution in [-0.2, 0) is 16.1 Å². The van der Waals surface area contributed by atoms with E-state index in [-0.39, 0.29) is 18.3 Å². The molecule has 128 valence electrons. The van der Waals surface area contributed by atoms with Gasteiger partial charge in [-0.1, -0.05) is 0 Å². The maximum absolute atomic E-state index is 11.8. The summed E-state index contributed by atoms with van der Waals surface area (Å²) in [6.45, 7) is 5.65. The highest BCUT2D eigenvalue weighted by Crippen LogP contribution is 2.28. The second-order valence-electron chi connectivity index (χ2n) is 5.05. The van der Waals surface area contributed by atoms with Crippen LogP contribution in [0, 0.1) is 27.2 Å². The molecule has 0 saturated heterocycles. The summed E-state index contributed by atoms with van der Waals surface area (Å²) < 4.78 is 6.27. The molecule has 11 nitrogen and oxygen atoms in total. The van der Waals surface area contributed by atoms with Crippen LogP contribution in [0.3, 0.4) is 0 Å². The van der Waals surface area contributed by atoms with Crippen molar-refractivity contribution in [2.45, 2.75) is 39.8 Å². The van der Waals surface area contributed by atoms with Crippen LogP contribution in [0.1, 0.15) is 26.0 Å². The predicted molar refractivity (Wildman–Crippen MR) is 79.0 cm³/mol. The summed E-state index contributed by atoms with van der Waals surface area (Å²) in [6, 6.07) is 0. The number of rotatable bonds is 9. The van der Waals surface area contributed by atoms with E-state index in [1.165, 1.54) is 6.92 Å². The van der Waals surface area contributed by atoms with Gasteiger partial charge >= 0.3 is 11.5 Å². The van der Waals surface area contributed by atoms with Crippen molar-refractivity contribution in [2.24, 2.45) is 0 Å². The van der Waals surface area contributed by atoms with E-state index in [0.29, 0.717) is 19.6 Å². The molecule has 0 aliphatic rings. The lowest BCUT2D eigenvalue weighted by Gasteiger charge is -2.08. The standard InChI is InChI=1S/C12H19N5O6/c1-8(2)23-6-4-5-13-10(18)7-15-9(3)11(16(19)20)12(14-15)17(21)22/h8H,4-7H2,1-3H3,(H,13,18). The molecule has 0 aliphatic heterocycles. The van der Waals surface area contributed by atoms with Crippen molar-refractivity contribution in [1.82, 2.24) is 15.1 Å². The van der Waals surface area contributed by atoms with Gasteiger partial charge in [0.25, 0.3) is 0 Å². The summed E-state index contributed by atoms with van der Waals surface area (Å²) in [4.78, 5) is 31.6. The molecule has 11 heteroatoms. The second kappa shape index (κ2) is 8.17. The number of nitrogens with zero attached hydrogens (tertiary/aromatic N) is 4. The van der Waals surface area contributed by atoms with Gasteiger partial charge in [-0.15, -0.1) is 0 Å². The highest BCUT2D eigenvalue weighted by atomic mass is 16.6. The van der Waals surface area contributed by atoms with Gasteiger partial charge in [-0.05, 0) is 32.1 Å². The number of hydrogen-bond acceptors (Lipinski definition) is 7. The molecule has 0 aliphatic carbocycles. The van der Waals surface area contributed by atoms with Crippen LogP contribution < -0.4 is 5.32 Å². The maximum Gasteiger partial charge on any atom is 0.468 e. The molecule has 0 radical (unpaired) electrons. The third-order valence-electron chi connectivity index (χ3n) is 2.90. The van der Waals surface area contributed by atoms with Crippen molar-refractivity contribution in [3.63, 3.8) is 0 Å². The quantitative estimate of drug-likeness (QED) is 0.403. The summed E-state index contributed by atoms with van der Waals surface area (Å²) in [5, 5.41) is 27.8. The van der Waals surface area contributed by atoms with Gasteiger partial charge in [0, 0.05) is 13.2 Å². The first-order valence-electron chi connectivity index (χ1n) is 6.98. The summed E-state index contributed by atoms with van der Waals surface area (Å²) in [6.07, 6.45) is 0.723. The molecule has 1 heterocycles. The number of aromatic nitrogens is 2. The predicted octanol–water partition coefficient (Wildman–Crippen LogP) is 0.939. The minimum absolute atomic E-state index is 0.0417. The fourth-order valence-corrected chi connectivity index (χ4v) is 1.82. The van der Waals surface area contributed by atoms with E-state index in [0.717, 1.165) is 4.68 Å². The summed E-state index contributed by atoms with van der Waals surface area (Å²) >= 11 is 0. The van der Waals surface area contributed by atoms with Gasteiger partial charge < -0.3 is 20.2 Å². The van der Waals surface area contributed by atoms with Crippen LogP contribution in [0.5, 0.6) is 0 Å². The molecule has 0 saturated carbocycles. The largest absolute Gasteiger partial charge is 0.468 e. The first kappa shape index (κ1) is 18.5. The first-order valence-corrected chi connectivity index (χ1v) is 6.98. The Bertz CT molecular complexity index is 597. The van der Waals surface area contributed by atoms with E-state index in [2.05, 4.69) is 10.4 Å². The molecular formula is C12H19N5O6. The Balaban J connectivity index is 2.63. The summed E-state index contributed by atoms with van der Waals surface area (Å²) in [5.74, 6) is -1.31. The summed E-state index contributed by atoms with van der Waals surface area (Å²) in [7, 11) is 0. The van der Waals surface area contributed by atoms with E-state index in [1.54, 1.807) is 0 Å². The lowest BCUT2D eigenvalue weighted by atomic mass is 10.3. The molecular weight excluding hydrogens is 310 g/mol. The molecule has 1 aromatic rings. The van der Waals surface area contributed by atoms with E-state index in [4.69, 9.17) is 4.74 Å². The molecule has 1 rings (SSSR count). The van der Waals surface area contributed by atoms with Gasteiger partial charge in [-0.3, -0.25) is 14.9 Å². The number of carbonyl (C=O) groups excluding carboxylic acids is 1. The third kappa shape index (κ3) is 5.29. The minimum atomic E-state index is -0.942. The fraction of sp³-hybridized carbons (Fsp3) is 0.667. The van der Waals surface area contributed by atoms with Crippen LogP contribution >= 0.6 is 0 Å². The Labute approximate surface area is 131 Å². The van der Waals surface area contributed by atoms with Gasteiger partial charge in [0.05, 0.1) is 16.1 Å². The zero-order chi connectivity index (χ0) is 17.6. The zero-order valence-corrected chi connectivity index (χ0v) is 13.1. The fourth-order valence-electron chi connectivity index (χ4n) is 1.82. The molecule has 1 aromatic heterocycles. The number of ether oxygens (including phenoxy) is 1. The number of carbonyl (C=O) groups is 1. The molecule has 1 N–H and O–H groups in total. The van der Waals surface area contributed by atoms with Gasteiger partial charge in [0.2, 0.25) is 5.91 Å². The van der Waals surface area contributed by atoms with Crippen molar-refractivity contribution in [1.29, 1.82) is 0 Å². The van der Waals surface area contributed by atoms with Crippen LogP contribution in [0.15, 0.2) is 0 Å². The van der Waals surface area contributed by atoms with Crippen molar-refractivity contribution in [3.05, 3.63) is 25.9 Å². The average Bonchev–Trinajstić information content (AvgIpc) is 2.75. The number of amides is 1. The Kier molecular flexibility index (Phi) is 6.57. The molecule has 0 atom stereocenters. The smallest absolute Gasteiger partial charge is 0.379 e. The van der Waals surface area contributed by atoms with Gasteiger partial charge in [0.1, 0.15) is 12.2 Å². The lowest BCUT2D eigenvalue weighted by molar-refractivity contribution is -0.424. The monoisotopic (exact) mass is 329 g/mol. The number of nitro groups is 2. The molecule has 0 unspecified atom stereocenters. The SMILES string of the molecule is Cc1c([N+](=O)[O-])c([N+](=O)[O-])nn1CC(=O)NCCCOC(C)C. The van der Waals surface area contributed by atoms with Crippen molar-refractivity contribution >= 4 is 17.4 Å². The number of nitrogens with one attached hydrogen (secondary N) is 1. The highest BCUT2D eigenvalue weighted by molar-refractivity contribution is 5.76. The molecule has 0 aromatic carbocycles. The van der Waals surface area contributed by atoms with Crippen molar-refractivity contribution in [2.75, 3.05) is 13.2 Å². The van der Waals surface area contributed by atoms with Crippen molar-refractivity contribution in [3.8, 4) is 0 Å². The van der Waals surface area contributed by atoms with E-state index >= 15 is 0 Å². The average molecular weight is 329 g/mol. The molecule has 23 heavy (non-hydrogen) atoms. The lowest BCUT2D eigenvalue weighted by Crippen LogP contribution is -2.30. The van der Waals surface area contributed by atoms with Crippen molar-refractivity contribution < 1.29 is 19.4 Å². The van der Waals surface area contributed by atoms with E-state index in [1.807, 2.05) is 13.8 Å². The normalized spacial score (nSPS) is 10.8. The molecule has 1 amide bonds. The van der Waals surface area contributed by atoms with Crippen LogP contribution in [0.25, 0.3) is 0 Å².